The molecule has 1 rings (SSSR count). The van der Waals surface area contributed by atoms with Crippen LogP contribution in [0.4, 0.5) is 13.2 Å². The number of aryl methyl sites for hydroxylation is 1. The minimum absolute atomic E-state index is 0.0225. The van der Waals surface area contributed by atoms with Gasteiger partial charge in [0.1, 0.15) is 9.88 Å². The van der Waals surface area contributed by atoms with Crippen molar-refractivity contribution in [3.05, 3.63) is 15.6 Å². The van der Waals surface area contributed by atoms with Crippen LogP contribution in [0.15, 0.2) is 0 Å². The Labute approximate surface area is 116 Å². The van der Waals surface area contributed by atoms with E-state index in [9.17, 15) is 22.8 Å². The average molecular weight is 311 g/mol. The van der Waals surface area contributed by atoms with E-state index in [2.05, 4.69) is 10.3 Å². The monoisotopic (exact) mass is 311 g/mol. The molecule has 0 aliphatic rings. The highest BCUT2D eigenvalue weighted by molar-refractivity contribution is 7.13. The van der Waals surface area contributed by atoms with Gasteiger partial charge < -0.3 is 15.7 Å². The standard InChI is InChI=1S/C10H12F3N3O3S/c1-5-8(9(18)19)20-7(16-5)3-15-6(17)2-14-4-10(11,12)13/h14H,2-4H2,1H3,(H,15,17)(H,18,19). The van der Waals surface area contributed by atoms with Crippen molar-refractivity contribution in [3.8, 4) is 0 Å². The van der Waals surface area contributed by atoms with E-state index in [1.54, 1.807) is 0 Å². The highest BCUT2D eigenvalue weighted by Gasteiger charge is 2.26. The third-order valence-corrected chi connectivity index (χ3v) is 3.23. The molecule has 0 bridgehead atoms. The van der Waals surface area contributed by atoms with E-state index < -0.39 is 31.1 Å². The Morgan fingerprint density at radius 3 is 2.55 bits per heavy atom. The first-order chi connectivity index (χ1) is 9.19. The normalized spacial score (nSPS) is 11.4. The molecular formula is C10H12F3N3O3S. The minimum Gasteiger partial charge on any atom is -0.477 e. The molecule has 10 heteroatoms. The molecule has 6 nitrogen and oxygen atoms in total. The molecule has 0 saturated heterocycles. The minimum atomic E-state index is -4.37. The van der Waals surface area contributed by atoms with Gasteiger partial charge in [-0.15, -0.1) is 11.3 Å². The lowest BCUT2D eigenvalue weighted by atomic mass is 10.4. The van der Waals surface area contributed by atoms with E-state index in [0.717, 1.165) is 11.3 Å². The van der Waals surface area contributed by atoms with Crippen LogP contribution in [0.1, 0.15) is 20.4 Å². The summed E-state index contributed by atoms with van der Waals surface area (Å²) in [4.78, 5) is 26.0. The van der Waals surface area contributed by atoms with Crippen LogP contribution >= 0.6 is 11.3 Å². The van der Waals surface area contributed by atoms with Crippen molar-refractivity contribution in [2.45, 2.75) is 19.6 Å². The predicted octanol–water partition coefficient (Wildman–Crippen LogP) is 0.918. The van der Waals surface area contributed by atoms with Crippen LogP contribution in [0.2, 0.25) is 0 Å². The van der Waals surface area contributed by atoms with Crippen LogP contribution in [-0.2, 0) is 11.3 Å². The Morgan fingerprint density at radius 1 is 1.40 bits per heavy atom. The van der Waals surface area contributed by atoms with Crippen molar-refractivity contribution in [3.63, 3.8) is 0 Å². The molecule has 1 amide bonds. The molecule has 0 saturated carbocycles. The first kappa shape index (κ1) is 16.4. The number of halogens is 3. The smallest absolute Gasteiger partial charge is 0.401 e. The SMILES string of the molecule is Cc1nc(CNC(=O)CNCC(F)(F)F)sc1C(=O)O. The highest BCUT2D eigenvalue weighted by Crippen LogP contribution is 2.17. The Balaban J connectivity index is 2.38. The fourth-order valence-electron chi connectivity index (χ4n) is 1.28. The lowest BCUT2D eigenvalue weighted by Gasteiger charge is -2.07. The van der Waals surface area contributed by atoms with Crippen LogP contribution in [-0.4, -0.2) is 41.2 Å². The Kier molecular flexibility index (Phi) is 5.45. The van der Waals surface area contributed by atoms with Gasteiger partial charge in [-0.3, -0.25) is 4.79 Å². The van der Waals surface area contributed by atoms with Gasteiger partial charge in [-0.25, -0.2) is 9.78 Å². The second kappa shape index (κ2) is 6.66. The van der Waals surface area contributed by atoms with Gasteiger partial charge in [-0.2, -0.15) is 13.2 Å². The Hall–Kier alpha value is -1.68. The number of aromatic carboxylic acids is 1. The van der Waals surface area contributed by atoms with Gasteiger partial charge in [0.05, 0.1) is 25.3 Å². The molecule has 0 fully saturated rings. The summed E-state index contributed by atoms with van der Waals surface area (Å²) in [6.45, 7) is -0.225. The van der Waals surface area contributed by atoms with Crippen LogP contribution in [0.3, 0.4) is 0 Å². The molecule has 1 aromatic rings. The molecule has 0 aliphatic heterocycles. The number of aromatic nitrogens is 1. The van der Waals surface area contributed by atoms with Crippen molar-refractivity contribution >= 4 is 23.2 Å². The first-order valence-electron chi connectivity index (χ1n) is 5.43. The first-order valence-corrected chi connectivity index (χ1v) is 6.24. The van der Waals surface area contributed by atoms with Crippen LogP contribution in [0.25, 0.3) is 0 Å². The van der Waals surface area contributed by atoms with Gasteiger partial charge >= 0.3 is 12.1 Å². The van der Waals surface area contributed by atoms with Gasteiger partial charge in [0.25, 0.3) is 0 Å². The molecule has 0 atom stereocenters. The number of carbonyl (C=O) groups is 2. The van der Waals surface area contributed by atoms with E-state index in [0.29, 0.717) is 10.7 Å². The lowest BCUT2D eigenvalue weighted by molar-refractivity contribution is -0.128. The van der Waals surface area contributed by atoms with Crippen LogP contribution in [0, 0.1) is 6.92 Å². The van der Waals surface area contributed by atoms with Crippen molar-refractivity contribution < 1.29 is 27.9 Å². The van der Waals surface area contributed by atoms with Crippen LogP contribution in [0.5, 0.6) is 0 Å². The zero-order chi connectivity index (χ0) is 15.3. The number of alkyl halides is 3. The maximum absolute atomic E-state index is 11.8. The summed E-state index contributed by atoms with van der Waals surface area (Å²) in [5.41, 5.74) is 0.335. The summed E-state index contributed by atoms with van der Waals surface area (Å²) < 4.78 is 35.5. The van der Waals surface area contributed by atoms with Crippen molar-refractivity contribution in [2.24, 2.45) is 0 Å². The number of carbonyl (C=O) groups excluding carboxylic acids is 1. The summed E-state index contributed by atoms with van der Waals surface area (Å²) in [6.07, 6.45) is -4.37. The zero-order valence-corrected chi connectivity index (χ0v) is 11.2. The lowest BCUT2D eigenvalue weighted by Crippen LogP contribution is -2.37. The maximum atomic E-state index is 11.8. The maximum Gasteiger partial charge on any atom is 0.401 e. The van der Waals surface area contributed by atoms with E-state index in [1.165, 1.54) is 6.92 Å². The van der Waals surface area contributed by atoms with E-state index in [-0.39, 0.29) is 11.4 Å². The number of thiazole rings is 1. The molecule has 0 spiro atoms. The molecule has 0 aliphatic carbocycles. The Morgan fingerprint density at radius 2 is 2.05 bits per heavy atom. The Bertz CT molecular complexity index is 502. The largest absolute Gasteiger partial charge is 0.477 e. The quantitative estimate of drug-likeness (QED) is 0.726. The fraction of sp³-hybridized carbons (Fsp3) is 0.500. The molecule has 0 aromatic carbocycles. The molecule has 0 unspecified atom stereocenters. The van der Waals surface area contributed by atoms with Gasteiger partial charge in [-0.1, -0.05) is 0 Å². The topological polar surface area (TPSA) is 91.3 Å². The summed E-state index contributed by atoms with van der Waals surface area (Å²) in [5, 5.41) is 13.5. The number of amides is 1. The highest BCUT2D eigenvalue weighted by atomic mass is 32.1. The zero-order valence-electron chi connectivity index (χ0n) is 10.4. The summed E-state index contributed by atoms with van der Waals surface area (Å²) in [6, 6.07) is 0. The van der Waals surface area contributed by atoms with Crippen molar-refractivity contribution in [1.82, 2.24) is 15.6 Å². The van der Waals surface area contributed by atoms with Gasteiger partial charge in [-0.05, 0) is 6.92 Å². The van der Waals surface area contributed by atoms with Crippen LogP contribution < -0.4 is 10.6 Å². The fourth-order valence-corrected chi connectivity index (χ4v) is 2.12. The molecule has 112 valence electrons. The number of nitrogens with zero attached hydrogens (tertiary/aromatic N) is 1. The molecule has 1 heterocycles. The van der Waals surface area contributed by atoms with Gasteiger partial charge in [0, 0.05) is 0 Å². The summed E-state index contributed by atoms with van der Waals surface area (Å²) in [5.74, 6) is -1.73. The number of carboxylic acids is 1. The van der Waals surface area contributed by atoms with Gasteiger partial charge in [0.15, 0.2) is 0 Å². The number of carboxylic acid groups (broad SMARTS) is 1. The average Bonchev–Trinajstić information content (AvgIpc) is 2.66. The second-order valence-electron chi connectivity index (χ2n) is 3.82. The summed E-state index contributed by atoms with van der Waals surface area (Å²) >= 11 is 0.912. The number of hydrogen-bond acceptors (Lipinski definition) is 5. The van der Waals surface area contributed by atoms with E-state index >= 15 is 0 Å². The molecular weight excluding hydrogens is 299 g/mol. The molecule has 0 radical (unpaired) electrons. The second-order valence-corrected chi connectivity index (χ2v) is 4.91. The number of hydrogen-bond donors (Lipinski definition) is 3. The third-order valence-electron chi connectivity index (χ3n) is 2.08. The van der Waals surface area contributed by atoms with Crippen molar-refractivity contribution in [2.75, 3.05) is 13.1 Å². The van der Waals surface area contributed by atoms with Gasteiger partial charge in [0.2, 0.25) is 5.91 Å². The number of rotatable bonds is 6. The van der Waals surface area contributed by atoms with E-state index in [1.807, 2.05) is 5.32 Å². The molecule has 1 aromatic heterocycles. The summed E-state index contributed by atoms with van der Waals surface area (Å²) in [7, 11) is 0. The predicted molar refractivity (Wildman–Crippen MR) is 64.6 cm³/mol. The number of nitrogens with one attached hydrogen (secondary N) is 2. The van der Waals surface area contributed by atoms with Crippen molar-refractivity contribution in [1.29, 1.82) is 0 Å². The molecule has 3 N–H and O–H groups in total. The molecule has 20 heavy (non-hydrogen) atoms. The third kappa shape index (κ3) is 5.53. The van der Waals surface area contributed by atoms with E-state index in [4.69, 9.17) is 5.11 Å².